The van der Waals surface area contributed by atoms with Gasteiger partial charge in [0.05, 0.1) is 0 Å². The van der Waals surface area contributed by atoms with Gasteiger partial charge in [0, 0.05) is 44.8 Å². The van der Waals surface area contributed by atoms with Crippen LogP contribution in [0.3, 0.4) is 0 Å². The predicted octanol–water partition coefficient (Wildman–Crippen LogP) is 1.31. The van der Waals surface area contributed by atoms with Crippen molar-refractivity contribution in [2.75, 3.05) is 31.1 Å². The Hall–Kier alpha value is -3.82. The Morgan fingerprint density at radius 3 is 2.47 bits per heavy atom. The van der Waals surface area contributed by atoms with E-state index in [9.17, 15) is 14.4 Å². The number of rotatable bonds is 3. The number of aromatic nitrogens is 3. The van der Waals surface area contributed by atoms with Crippen molar-refractivity contribution in [2.45, 2.75) is 13.2 Å². The molecule has 3 amide bonds. The monoisotopic (exact) mass is 408 g/mol. The molecule has 0 bridgehead atoms. The van der Waals surface area contributed by atoms with E-state index in [1.807, 2.05) is 13.0 Å². The average molecular weight is 408 g/mol. The highest BCUT2D eigenvalue weighted by Gasteiger charge is 2.44. The van der Waals surface area contributed by atoms with Gasteiger partial charge in [-0.3, -0.25) is 14.6 Å². The summed E-state index contributed by atoms with van der Waals surface area (Å²) < 4.78 is 5.69. The van der Waals surface area contributed by atoms with Gasteiger partial charge in [-0.25, -0.2) is 19.7 Å². The summed E-state index contributed by atoms with van der Waals surface area (Å²) in [7, 11) is 0. The maximum absolute atomic E-state index is 12.9. The van der Waals surface area contributed by atoms with Crippen LogP contribution in [0.1, 0.15) is 28.0 Å². The summed E-state index contributed by atoms with van der Waals surface area (Å²) >= 11 is 0. The smallest absolute Gasteiger partial charge is 0.412 e. The van der Waals surface area contributed by atoms with Crippen LogP contribution in [-0.2, 0) is 9.53 Å². The van der Waals surface area contributed by atoms with Crippen LogP contribution in [0, 0.1) is 6.92 Å². The lowest BCUT2D eigenvalue weighted by atomic mass is 10.3. The molecule has 2 aromatic heterocycles. The van der Waals surface area contributed by atoms with Crippen molar-refractivity contribution < 1.29 is 19.1 Å². The zero-order valence-corrected chi connectivity index (χ0v) is 16.4. The van der Waals surface area contributed by atoms with E-state index < -0.39 is 18.2 Å². The molecule has 4 heterocycles. The Balaban J connectivity index is 1.55. The van der Waals surface area contributed by atoms with Crippen LogP contribution in [0.15, 0.2) is 43.4 Å². The van der Waals surface area contributed by atoms with Gasteiger partial charge in [-0.15, -0.1) is 0 Å². The second-order valence-electron chi connectivity index (χ2n) is 6.91. The van der Waals surface area contributed by atoms with Crippen molar-refractivity contribution in [3.8, 4) is 0 Å². The third kappa shape index (κ3) is 3.47. The maximum Gasteiger partial charge on any atom is 0.412 e. The molecule has 1 unspecified atom stereocenters. The second-order valence-corrected chi connectivity index (χ2v) is 6.91. The van der Waals surface area contributed by atoms with Gasteiger partial charge < -0.3 is 14.5 Å². The summed E-state index contributed by atoms with van der Waals surface area (Å²) in [5.74, 6) is -0.275. The number of pyridine rings is 1. The van der Waals surface area contributed by atoms with Crippen LogP contribution in [-0.4, -0.2) is 68.8 Å². The fourth-order valence-corrected chi connectivity index (χ4v) is 3.38. The first-order chi connectivity index (χ1) is 14.5. The number of fused-ring (bicyclic) bond motifs is 1. The highest BCUT2D eigenvalue weighted by Crippen LogP contribution is 2.35. The van der Waals surface area contributed by atoms with Crippen molar-refractivity contribution in [3.05, 3.63) is 60.3 Å². The third-order valence-corrected chi connectivity index (χ3v) is 5.00. The Morgan fingerprint density at radius 1 is 1.10 bits per heavy atom. The summed E-state index contributed by atoms with van der Waals surface area (Å²) in [4.78, 5) is 54.5. The van der Waals surface area contributed by atoms with Gasteiger partial charge in [0.2, 0.25) is 12.1 Å². The molecule has 0 saturated carbocycles. The van der Waals surface area contributed by atoms with Crippen LogP contribution in [0.2, 0.25) is 0 Å². The molecule has 0 spiro atoms. The molecule has 1 atom stereocenters. The number of carbonyl (C=O) groups excluding carboxylic acids is 3. The van der Waals surface area contributed by atoms with Gasteiger partial charge in [-0.2, -0.15) is 0 Å². The number of hydrogen-bond acceptors (Lipinski definition) is 7. The summed E-state index contributed by atoms with van der Waals surface area (Å²) in [5.41, 5.74) is 1.32. The molecular formula is C20H20N6O4. The zero-order chi connectivity index (χ0) is 21.3. The molecule has 10 nitrogen and oxygen atoms in total. The summed E-state index contributed by atoms with van der Waals surface area (Å²) in [6, 6.07) is 3.49. The lowest BCUT2D eigenvalue weighted by molar-refractivity contribution is -0.127. The largest absolute Gasteiger partial charge is 0.419 e. The van der Waals surface area contributed by atoms with Crippen molar-refractivity contribution >= 4 is 23.7 Å². The molecular weight excluding hydrogens is 388 g/mol. The SMILES string of the molecule is C=CC(=O)N1CCN(C(=O)OC2c3nccnc3C(=O)N2c2ccc(C)cn2)CC1. The molecule has 1 fully saturated rings. The number of amides is 3. The molecule has 2 aromatic rings. The molecule has 0 radical (unpaired) electrons. The van der Waals surface area contributed by atoms with E-state index in [0.717, 1.165) is 5.56 Å². The Labute approximate surface area is 172 Å². The predicted molar refractivity (Wildman–Crippen MR) is 105 cm³/mol. The Bertz CT molecular complexity index is 1000. The quantitative estimate of drug-likeness (QED) is 0.705. The Morgan fingerprint density at radius 2 is 1.80 bits per heavy atom. The minimum absolute atomic E-state index is 0.124. The molecule has 2 aliphatic heterocycles. The van der Waals surface area contributed by atoms with Gasteiger partial charge in [0.1, 0.15) is 11.5 Å². The van der Waals surface area contributed by atoms with E-state index in [-0.39, 0.29) is 17.3 Å². The zero-order valence-electron chi connectivity index (χ0n) is 16.4. The van der Waals surface area contributed by atoms with Crippen molar-refractivity contribution in [2.24, 2.45) is 0 Å². The minimum Gasteiger partial charge on any atom is -0.419 e. The van der Waals surface area contributed by atoms with E-state index in [2.05, 4.69) is 21.5 Å². The van der Waals surface area contributed by atoms with Gasteiger partial charge >= 0.3 is 6.09 Å². The topological polar surface area (TPSA) is 109 Å². The van der Waals surface area contributed by atoms with E-state index in [0.29, 0.717) is 32.0 Å². The lowest BCUT2D eigenvalue weighted by Gasteiger charge is -2.34. The van der Waals surface area contributed by atoms with Crippen LogP contribution < -0.4 is 4.90 Å². The summed E-state index contributed by atoms with van der Waals surface area (Å²) in [6.07, 6.45) is 4.06. The van der Waals surface area contributed by atoms with E-state index >= 15 is 0 Å². The van der Waals surface area contributed by atoms with Gasteiger partial charge in [0.15, 0.2) is 5.69 Å². The third-order valence-electron chi connectivity index (χ3n) is 5.00. The van der Waals surface area contributed by atoms with Crippen molar-refractivity contribution in [1.82, 2.24) is 24.8 Å². The van der Waals surface area contributed by atoms with Gasteiger partial charge in [-0.1, -0.05) is 12.6 Å². The van der Waals surface area contributed by atoms with E-state index in [1.54, 1.807) is 17.2 Å². The van der Waals surface area contributed by atoms with Crippen LogP contribution in [0.25, 0.3) is 0 Å². The number of aryl methyl sites for hydroxylation is 1. The molecule has 0 aromatic carbocycles. The standard InChI is InChI=1S/C20H20N6O4/c1-3-15(27)24-8-10-25(11-9-24)20(29)30-19-17-16(21-6-7-22-17)18(28)26(19)14-5-4-13(2)12-23-14/h3-7,12,19H,1,8-11H2,2H3. The first kappa shape index (κ1) is 19.5. The normalized spacial score (nSPS) is 18.2. The molecule has 4 rings (SSSR count). The number of ether oxygens (including phenoxy) is 1. The average Bonchev–Trinajstić information content (AvgIpc) is 3.05. The van der Waals surface area contributed by atoms with Crippen molar-refractivity contribution in [1.29, 1.82) is 0 Å². The molecule has 1 saturated heterocycles. The fraction of sp³-hybridized carbons (Fsp3) is 0.300. The molecule has 154 valence electrons. The number of anilines is 1. The number of hydrogen-bond donors (Lipinski definition) is 0. The molecule has 0 aliphatic carbocycles. The number of nitrogens with zero attached hydrogens (tertiary/aromatic N) is 6. The van der Waals surface area contributed by atoms with Gasteiger partial charge in [-0.05, 0) is 24.6 Å². The lowest BCUT2D eigenvalue weighted by Crippen LogP contribution is -2.51. The summed E-state index contributed by atoms with van der Waals surface area (Å²) in [5, 5.41) is 0. The fourth-order valence-electron chi connectivity index (χ4n) is 3.38. The molecule has 2 aliphatic rings. The minimum atomic E-state index is -1.07. The summed E-state index contributed by atoms with van der Waals surface area (Å²) in [6.45, 7) is 6.75. The van der Waals surface area contributed by atoms with Crippen LogP contribution in [0.4, 0.5) is 10.6 Å². The molecule has 10 heteroatoms. The van der Waals surface area contributed by atoms with E-state index in [1.165, 1.54) is 28.3 Å². The van der Waals surface area contributed by atoms with Crippen molar-refractivity contribution in [3.63, 3.8) is 0 Å². The molecule has 30 heavy (non-hydrogen) atoms. The van der Waals surface area contributed by atoms with Gasteiger partial charge in [0.25, 0.3) is 5.91 Å². The molecule has 0 N–H and O–H groups in total. The van der Waals surface area contributed by atoms with Crippen LogP contribution >= 0.6 is 0 Å². The highest BCUT2D eigenvalue weighted by molar-refractivity contribution is 6.08. The first-order valence-electron chi connectivity index (χ1n) is 9.43. The maximum atomic E-state index is 12.9. The number of piperazine rings is 1. The second kappa shape index (κ2) is 7.90. The number of carbonyl (C=O) groups is 3. The highest BCUT2D eigenvalue weighted by atomic mass is 16.6. The van der Waals surface area contributed by atoms with Crippen LogP contribution in [0.5, 0.6) is 0 Å². The Kier molecular flexibility index (Phi) is 5.13. The first-order valence-corrected chi connectivity index (χ1v) is 9.43. The van der Waals surface area contributed by atoms with E-state index in [4.69, 9.17) is 4.74 Å².